The Balaban J connectivity index is 2.12. The van der Waals surface area contributed by atoms with E-state index in [1.807, 2.05) is 4.90 Å². The van der Waals surface area contributed by atoms with Crippen molar-refractivity contribution >= 4 is 17.5 Å². The number of amides is 1. The summed E-state index contributed by atoms with van der Waals surface area (Å²) in [5, 5.41) is 0. The third-order valence-corrected chi connectivity index (χ3v) is 4.07. The highest BCUT2D eigenvalue weighted by Gasteiger charge is 2.27. The maximum atomic E-state index is 12.1. The van der Waals surface area contributed by atoms with Crippen LogP contribution < -0.4 is 0 Å². The minimum absolute atomic E-state index is 0.329. The number of unbranched alkanes of at least 4 members (excludes halogenated alkanes) is 5. The molecule has 0 radical (unpaired) electrons. The zero-order chi connectivity index (χ0) is 13.2. The van der Waals surface area contributed by atoms with Crippen LogP contribution in [0.15, 0.2) is 0 Å². The van der Waals surface area contributed by atoms with E-state index in [1.165, 1.54) is 51.4 Å². The maximum absolute atomic E-state index is 12.1. The van der Waals surface area contributed by atoms with Crippen molar-refractivity contribution in [3.8, 4) is 0 Å². The molecule has 1 aliphatic carbocycles. The molecule has 0 aromatic rings. The van der Waals surface area contributed by atoms with Gasteiger partial charge in [-0.3, -0.25) is 4.79 Å². The van der Waals surface area contributed by atoms with Gasteiger partial charge in [0.1, 0.15) is 0 Å². The zero-order valence-electron chi connectivity index (χ0n) is 11.8. The van der Waals surface area contributed by atoms with Crippen LogP contribution in [0.5, 0.6) is 0 Å². The van der Waals surface area contributed by atoms with Crippen molar-refractivity contribution in [3.63, 3.8) is 0 Å². The van der Waals surface area contributed by atoms with Gasteiger partial charge in [0.15, 0.2) is 0 Å². The van der Waals surface area contributed by atoms with E-state index in [0.717, 1.165) is 19.4 Å². The Labute approximate surface area is 117 Å². The molecule has 0 aromatic heterocycles. The number of alkyl halides is 1. The second kappa shape index (κ2) is 9.66. The van der Waals surface area contributed by atoms with Crippen LogP contribution in [0.25, 0.3) is 0 Å². The van der Waals surface area contributed by atoms with Crippen molar-refractivity contribution in [2.45, 2.75) is 77.2 Å². The molecule has 0 saturated heterocycles. The Morgan fingerprint density at radius 3 is 2.39 bits per heavy atom. The van der Waals surface area contributed by atoms with Gasteiger partial charge in [-0.05, 0) is 25.7 Å². The normalized spacial score (nSPS) is 15.4. The average Bonchev–Trinajstić information content (AvgIpc) is 2.30. The van der Waals surface area contributed by atoms with E-state index >= 15 is 0 Å². The Bertz CT molecular complexity index is 229. The average molecular weight is 274 g/mol. The molecule has 1 amide bonds. The summed E-state index contributed by atoms with van der Waals surface area (Å²) in [5.74, 6) is 0.898. The highest BCUT2D eigenvalue weighted by atomic mass is 35.5. The smallest absolute Gasteiger partial charge is 0.222 e. The molecule has 1 saturated carbocycles. The molecule has 2 nitrogen and oxygen atoms in total. The number of rotatable bonds is 10. The third-order valence-electron chi connectivity index (χ3n) is 3.91. The van der Waals surface area contributed by atoms with Crippen LogP contribution in [0.1, 0.15) is 71.1 Å². The summed E-state index contributed by atoms with van der Waals surface area (Å²) >= 11 is 5.79. The van der Waals surface area contributed by atoms with Crippen molar-refractivity contribution in [2.75, 3.05) is 12.4 Å². The Kier molecular flexibility index (Phi) is 8.49. The molecule has 1 rings (SSSR count). The number of hydrogen-bond acceptors (Lipinski definition) is 1. The van der Waals surface area contributed by atoms with E-state index in [2.05, 4.69) is 6.92 Å². The van der Waals surface area contributed by atoms with Crippen LogP contribution in [0.3, 0.4) is 0 Å². The Morgan fingerprint density at radius 2 is 1.83 bits per heavy atom. The molecule has 3 heteroatoms. The van der Waals surface area contributed by atoms with Crippen LogP contribution in [0.2, 0.25) is 0 Å². The molecule has 0 aromatic carbocycles. The lowest BCUT2D eigenvalue weighted by Gasteiger charge is -2.37. The lowest BCUT2D eigenvalue weighted by Crippen LogP contribution is -2.45. The van der Waals surface area contributed by atoms with Gasteiger partial charge in [-0.1, -0.05) is 39.0 Å². The summed E-state index contributed by atoms with van der Waals surface area (Å²) < 4.78 is 0. The lowest BCUT2D eigenvalue weighted by molar-refractivity contribution is -0.135. The van der Waals surface area contributed by atoms with Crippen molar-refractivity contribution in [3.05, 3.63) is 0 Å². The molecule has 0 heterocycles. The minimum Gasteiger partial charge on any atom is -0.339 e. The van der Waals surface area contributed by atoms with Gasteiger partial charge < -0.3 is 4.90 Å². The Morgan fingerprint density at radius 1 is 1.17 bits per heavy atom. The Hall–Kier alpha value is -0.240. The van der Waals surface area contributed by atoms with Crippen molar-refractivity contribution in [1.82, 2.24) is 4.90 Å². The summed E-state index contributed by atoms with van der Waals surface area (Å²) in [6.07, 6.45) is 11.8. The number of carbonyl (C=O) groups is 1. The minimum atomic E-state index is 0.329. The zero-order valence-corrected chi connectivity index (χ0v) is 12.6. The molecule has 1 aliphatic rings. The largest absolute Gasteiger partial charge is 0.339 e. The van der Waals surface area contributed by atoms with Crippen molar-refractivity contribution in [2.24, 2.45) is 0 Å². The summed E-state index contributed by atoms with van der Waals surface area (Å²) in [4.78, 5) is 14.2. The van der Waals surface area contributed by atoms with Gasteiger partial charge in [0.25, 0.3) is 0 Å². The third kappa shape index (κ3) is 5.60. The molecular weight excluding hydrogens is 246 g/mol. The van der Waals surface area contributed by atoms with Crippen LogP contribution in [-0.4, -0.2) is 29.3 Å². The number of carbonyl (C=O) groups excluding carboxylic acids is 1. The van der Waals surface area contributed by atoms with Gasteiger partial charge in [0, 0.05) is 24.9 Å². The molecule has 0 atom stereocenters. The first-order valence-electron chi connectivity index (χ1n) is 7.65. The topological polar surface area (TPSA) is 20.3 Å². The first-order chi connectivity index (χ1) is 8.79. The van der Waals surface area contributed by atoms with Gasteiger partial charge in [-0.2, -0.15) is 0 Å². The van der Waals surface area contributed by atoms with E-state index in [0.29, 0.717) is 17.8 Å². The van der Waals surface area contributed by atoms with Gasteiger partial charge in [-0.15, -0.1) is 11.6 Å². The van der Waals surface area contributed by atoms with Gasteiger partial charge in [-0.25, -0.2) is 0 Å². The molecule has 1 fully saturated rings. The fourth-order valence-electron chi connectivity index (χ4n) is 2.50. The molecule has 0 spiro atoms. The van der Waals surface area contributed by atoms with Gasteiger partial charge in [0.05, 0.1) is 0 Å². The molecule has 0 bridgehead atoms. The summed E-state index contributed by atoms with van der Waals surface area (Å²) in [7, 11) is 0. The quantitative estimate of drug-likeness (QED) is 0.428. The van der Waals surface area contributed by atoms with E-state index in [4.69, 9.17) is 11.6 Å². The molecule has 0 aliphatic heterocycles. The van der Waals surface area contributed by atoms with Crippen LogP contribution in [0, 0.1) is 0 Å². The van der Waals surface area contributed by atoms with Crippen molar-refractivity contribution < 1.29 is 4.79 Å². The summed E-state index contributed by atoms with van der Waals surface area (Å²) in [6.45, 7) is 2.97. The SMILES string of the molecule is CCCCCCCCC(=O)N(CCCl)C1CCC1. The van der Waals surface area contributed by atoms with Crippen LogP contribution in [0.4, 0.5) is 0 Å². The first kappa shape index (κ1) is 15.8. The molecule has 0 N–H and O–H groups in total. The summed E-state index contributed by atoms with van der Waals surface area (Å²) in [5.41, 5.74) is 0. The monoisotopic (exact) mass is 273 g/mol. The number of halogens is 1. The van der Waals surface area contributed by atoms with E-state index in [9.17, 15) is 4.79 Å². The summed E-state index contributed by atoms with van der Waals surface area (Å²) in [6, 6.07) is 0.497. The number of nitrogens with zero attached hydrogens (tertiary/aromatic N) is 1. The highest BCUT2D eigenvalue weighted by molar-refractivity contribution is 6.18. The van der Waals surface area contributed by atoms with E-state index in [1.54, 1.807) is 0 Å². The predicted molar refractivity (Wildman–Crippen MR) is 78.1 cm³/mol. The van der Waals surface area contributed by atoms with Crippen molar-refractivity contribution in [1.29, 1.82) is 0 Å². The molecule has 106 valence electrons. The second-order valence-electron chi connectivity index (χ2n) is 5.38. The number of hydrogen-bond donors (Lipinski definition) is 0. The maximum Gasteiger partial charge on any atom is 0.222 e. The van der Waals surface area contributed by atoms with Crippen LogP contribution in [-0.2, 0) is 4.79 Å². The molecule has 0 unspecified atom stereocenters. The van der Waals surface area contributed by atoms with Crippen LogP contribution >= 0.6 is 11.6 Å². The second-order valence-corrected chi connectivity index (χ2v) is 5.76. The predicted octanol–water partition coefficient (Wildman–Crippen LogP) is 4.36. The lowest BCUT2D eigenvalue weighted by atomic mass is 9.91. The standard InChI is InChI=1S/C15H28ClNO/c1-2-3-4-5-6-7-11-15(18)17(13-12-16)14-9-8-10-14/h14H,2-13H2,1H3. The fraction of sp³-hybridized carbons (Fsp3) is 0.933. The fourth-order valence-corrected chi connectivity index (χ4v) is 2.68. The molecule has 18 heavy (non-hydrogen) atoms. The van der Waals surface area contributed by atoms with E-state index < -0.39 is 0 Å². The highest BCUT2D eigenvalue weighted by Crippen LogP contribution is 2.25. The van der Waals surface area contributed by atoms with Gasteiger partial charge in [0.2, 0.25) is 5.91 Å². The van der Waals surface area contributed by atoms with Gasteiger partial charge >= 0.3 is 0 Å². The first-order valence-corrected chi connectivity index (χ1v) is 8.18. The molecular formula is C15H28ClNO. The van der Waals surface area contributed by atoms with E-state index in [-0.39, 0.29) is 0 Å².